The predicted molar refractivity (Wildman–Crippen MR) is 94.8 cm³/mol. The second-order valence-corrected chi connectivity index (χ2v) is 6.94. The van der Waals surface area contributed by atoms with Crippen molar-refractivity contribution in [2.24, 2.45) is 5.92 Å². The highest BCUT2D eigenvalue weighted by Gasteiger charge is 2.23. The Kier molecular flexibility index (Phi) is 5.55. The number of piperidine rings is 1. The lowest BCUT2D eigenvalue weighted by Gasteiger charge is -2.31. The highest BCUT2D eigenvalue weighted by Crippen LogP contribution is 2.26. The standard InChI is InChI=1S/C19H29N3O/c1-21-14-9-17(10-15-21)19(23)20-11-5-13-22-12-4-7-16-6-2-3-8-18(16)22/h2-3,6,8,17H,4-5,7,9-15H2,1H3,(H,20,23). The fourth-order valence-corrected chi connectivity index (χ4v) is 3.74. The Morgan fingerprint density at radius 2 is 2.00 bits per heavy atom. The zero-order chi connectivity index (χ0) is 16.1. The van der Waals surface area contributed by atoms with Gasteiger partial charge in [0.05, 0.1) is 0 Å². The molecule has 0 radical (unpaired) electrons. The van der Waals surface area contributed by atoms with Gasteiger partial charge in [0.25, 0.3) is 0 Å². The second-order valence-electron chi connectivity index (χ2n) is 6.94. The molecule has 0 saturated carbocycles. The lowest BCUT2D eigenvalue weighted by atomic mass is 9.96. The van der Waals surface area contributed by atoms with Gasteiger partial charge in [0.2, 0.25) is 5.91 Å². The normalized spacial score (nSPS) is 19.4. The van der Waals surface area contributed by atoms with E-state index in [-0.39, 0.29) is 11.8 Å². The van der Waals surface area contributed by atoms with Crippen molar-refractivity contribution < 1.29 is 4.79 Å². The average molecular weight is 315 g/mol. The Labute approximate surface area is 139 Å². The van der Waals surface area contributed by atoms with E-state index in [1.165, 1.54) is 24.1 Å². The van der Waals surface area contributed by atoms with Crippen molar-refractivity contribution in [2.45, 2.75) is 32.1 Å². The molecule has 4 heteroatoms. The molecule has 1 fully saturated rings. The van der Waals surface area contributed by atoms with Gasteiger partial charge in [-0.15, -0.1) is 0 Å². The molecule has 3 rings (SSSR count). The molecule has 2 aliphatic rings. The third kappa shape index (κ3) is 4.25. The number of rotatable bonds is 5. The Morgan fingerprint density at radius 1 is 1.22 bits per heavy atom. The number of anilines is 1. The molecule has 0 bridgehead atoms. The first-order chi connectivity index (χ1) is 11.2. The topological polar surface area (TPSA) is 35.6 Å². The van der Waals surface area contributed by atoms with E-state index in [1.807, 2.05) is 0 Å². The monoisotopic (exact) mass is 315 g/mol. The number of carbonyl (C=O) groups is 1. The van der Waals surface area contributed by atoms with Crippen LogP contribution in [-0.4, -0.2) is 50.6 Å². The number of fused-ring (bicyclic) bond motifs is 1. The summed E-state index contributed by atoms with van der Waals surface area (Å²) in [5.74, 6) is 0.485. The number of hydrogen-bond acceptors (Lipinski definition) is 3. The van der Waals surface area contributed by atoms with Crippen LogP contribution in [0.1, 0.15) is 31.2 Å². The predicted octanol–water partition coefficient (Wildman–Crippen LogP) is 2.29. The van der Waals surface area contributed by atoms with Crippen molar-refractivity contribution in [3.05, 3.63) is 29.8 Å². The molecule has 126 valence electrons. The average Bonchev–Trinajstić information content (AvgIpc) is 2.59. The first-order valence-electron chi connectivity index (χ1n) is 9.03. The Hall–Kier alpha value is -1.55. The van der Waals surface area contributed by atoms with Crippen LogP contribution in [0.15, 0.2) is 24.3 Å². The summed E-state index contributed by atoms with van der Waals surface area (Å²) < 4.78 is 0. The minimum Gasteiger partial charge on any atom is -0.371 e. The Morgan fingerprint density at radius 3 is 2.83 bits per heavy atom. The van der Waals surface area contributed by atoms with Gasteiger partial charge >= 0.3 is 0 Å². The summed E-state index contributed by atoms with van der Waals surface area (Å²) in [7, 11) is 2.13. The van der Waals surface area contributed by atoms with E-state index < -0.39 is 0 Å². The smallest absolute Gasteiger partial charge is 0.223 e. The number of hydrogen-bond donors (Lipinski definition) is 1. The fourth-order valence-electron chi connectivity index (χ4n) is 3.74. The van der Waals surface area contributed by atoms with Crippen molar-refractivity contribution in [3.63, 3.8) is 0 Å². The summed E-state index contributed by atoms with van der Waals surface area (Å²) in [6.07, 6.45) is 5.45. The van der Waals surface area contributed by atoms with E-state index in [1.54, 1.807) is 0 Å². The molecule has 1 aromatic carbocycles. The maximum Gasteiger partial charge on any atom is 0.223 e. The number of benzene rings is 1. The van der Waals surface area contributed by atoms with E-state index in [0.717, 1.165) is 52.0 Å². The molecule has 23 heavy (non-hydrogen) atoms. The molecule has 4 nitrogen and oxygen atoms in total. The molecular formula is C19H29N3O. The number of aryl methyl sites for hydroxylation is 1. The highest BCUT2D eigenvalue weighted by molar-refractivity contribution is 5.78. The van der Waals surface area contributed by atoms with E-state index in [2.05, 4.69) is 46.4 Å². The Balaban J connectivity index is 1.40. The van der Waals surface area contributed by atoms with Gasteiger partial charge in [-0.05, 0) is 63.9 Å². The molecule has 0 unspecified atom stereocenters. The van der Waals surface area contributed by atoms with E-state index in [0.29, 0.717) is 0 Å². The SMILES string of the molecule is CN1CCC(C(=O)NCCCN2CCCc3ccccc32)CC1. The van der Waals surface area contributed by atoms with Crippen molar-refractivity contribution in [2.75, 3.05) is 44.7 Å². The first kappa shape index (κ1) is 16.3. The zero-order valence-corrected chi connectivity index (χ0v) is 14.3. The van der Waals surface area contributed by atoms with Crippen molar-refractivity contribution in [1.29, 1.82) is 0 Å². The van der Waals surface area contributed by atoms with Crippen LogP contribution in [0.4, 0.5) is 5.69 Å². The lowest BCUT2D eigenvalue weighted by molar-refractivity contribution is -0.126. The van der Waals surface area contributed by atoms with Gasteiger partial charge in [-0.2, -0.15) is 0 Å². The molecule has 0 aromatic heterocycles. The van der Waals surface area contributed by atoms with Gasteiger partial charge in [0.1, 0.15) is 0 Å². The summed E-state index contributed by atoms with van der Waals surface area (Å²) in [4.78, 5) is 17.0. The summed E-state index contributed by atoms with van der Waals surface area (Å²) in [5, 5.41) is 3.15. The first-order valence-corrected chi connectivity index (χ1v) is 9.03. The summed E-state index contributed by atoms with van der Waals surface area (Å²) >= 11 is 0. The molecule has 2 heterocycles. The van der Waals surface area contributed by atoms with Crippen molar-refractivity contribution in [3.8, 4) is 0 Å². The fraction of sp³-hybridized carbons (Fsp3) is 0.632. The van der Waals surface area contributed by atoms with Crippen LogP contribution in [0.25, 0.3) is 0 Å². The van der Waals surface area contributed by atoms with Crippen molar-refractivity contribution in [1.82, 2.24) is 10.2 Å². The Bertz CT molecular complexity index is 523. The molecule has 1 saturated heterocycles. The van der Waals surface area contributed by atoms with Crippen LogP contribution in [0.3, 0.4) is 0 Å². The van der Waals surface area contributed by atoms with E-state index in [9.17, 15) is 4.79 Å². The maximum absolute atomic E-state index is 12.2. The maximum atomic E-state index is 12.2. The summed E-state index contributed by atoms with van der Waals surface area (Å²) in [6.45, 7) is 5.06. The van der Waals surface area contributed by atoms with Crippen molar-refractivity contribution >= 4 is 11.6 Å². The van der Waals surface area contributed by atoms with E-state index in [4.69, 9.17) is 0 Å². The molecule has 1 amide bonds. The zero-order valence-electron chi connectivity index (χ0n) is 14.3. The minimum absolute atomic E-state index is 0.224. The van der Waals surface area contributed by atoms with Gasteiger partial charge in [-0.1, -0.05) is 18.2 Å². The lowest BCUT2D eigenvalue weighted by Crippen LogP contribution is -2.40. The largest absolute Gasteiger partial charge is 0.371 e. The summed E-state index contributed by atoms with van der Waals surface area (Å²) in [6, 6.07) is 8.72. The minimum atomic E-state index is 0.224. The molecule has 0 atom stereocenters. The third-order valence-electron chi connectivity index (χ3n) is 5.20. The third-order valence-corrected chi connectivity index (χ3v) is 5.20. The number of nitrogens with one attached hydrogen (secondary N) is 1. The molecule has 0 aliphatic carbocycles. The van der Waals surface area contributed by atoms with Gasteiger partial charge in [-0.25, -0.2) is 0 Å². The van der Waals surface area contributed by atoms with Crippen LogP contribution >= 0.6 is 0 Å². The molecule has 1 N–H and O–H groups in total. The quantitative estimate of drug-likeness (QED) is 0.847. The molecule has 0 spiro atoms. The van der Waals surface area contributed by atoms with Gasteiger partial charge in [0, 0.05) is 31.2 Å². The number of carbonyl (C=O) groups excluding carboxylic acids is 1. The van der Waals surface area contributed by atoms with Crippen LogP contribution in [0, 0.1) is 5.92 Å². The van der Waals surface area contributed by atoms with Crippen LogP contribution in [-0.2, 0) is 11.2 Å². The number of likely N-dealkylation sites (tertiary alicyclic amines) is 1. The number of nitrogens with zero attached hydrogens (tertiary/aromatic N) is 2. The van der Waals surface area contributed by atoms with Crippen LogP contribution < -0.4 is 10.2 Å². The van der Waals surface area contributed by atoms with Crippen LogP contribution in [0.2, 0.25) is 0 Å². The molecule has 2 aliphatic heterocycles. The summed E-state index contributed by atoms with van der Waals surface area (Å²) in [5.41, 5.74) is 2.86. The van der Waals surface area contributed by atoms with Crippen LogP contribution in [0.5, 0.6) is 0 Å². The number of amides is 1. The highest BCUT2D eigenvalue weighted by atomic mass is 16.1. The second kappa shape index (κ2) is 7.82. The molecule has 1 aromatic rings. The van der Waals surface area contributed by atoms with Gasteiger partial charge < -0.3 is 15.1 Å². The van der Waals surface area contributed by atoms with Gasteiger partial charge in [-0.3, -0.25) is 4.79 Å². The number of para-hydroxylation sites is 1. The van der Waals surface area contributed by atoms with E-state index >= 15 is 0 Å². The van der Waals surface area contributed by atoms with Gasteiger partial charge in [0.15, 0.2) is 0 Å². The molecular weight excluding hydrogens is 286 g/mol.